The van der Waals surface area contributed by atoms with Crippen LogP contribution in [0.15, 0.2) is 24.3 Å². The molecule has 1 heterocycles. The maximum absolute atomic E-state index is 14.1. The average Bonchev–Trinajstić information content (AvgIpc) is 3.30. The fourth-order valence-electron chi connectivity index (χ4n) is 7.78. The van der Waals surface area contributed by atoms with E-state index in [4.69, 9.17) is 17.2 Å². The van der Waals surface area contributed by atoms with Gasteiger partial charge in [-0.05, 0) is 55.2 Å². The van der Waals surface area contributed by atoms with Crippen LogP contribution in [0.25, 0.3) is 0 Å². The van der Waals surface area contributed by atoms with Gasteiger partial charge in [0.05, 0.1) is 26.1 Å². The number of phenolic OH excluding ortho intramolecular Hbond substituents is 1. The maximum atomic E-state index is 14.1. The van der Waals surface area contributed by atoms with Gasteiger partial charge in [-0.25, -0.2) is 0 Å². The number of carbonyl (C=O) groups is 12. The number of rotatable bonds is 17. The van der Waals surface area contributed by atoms with Crippen molar-refractivity contribution in [2.24, 2.45) is 29.0 Å². The molecule has 1 aromatic rings. The Morgan fingerprint density at radius 3 is 1.99 bits per heavy atom. The van der Waals surface area contributed by atoms with E-state index in [-0.39, 0.29) is 18.1 Å². The van der Waals surface area contributed by atoms with Gasteiger partial charge >= 0.3 is 0 Å². The number of carbonyl (C=O) groups excluding carboxylic acids is 12. The van der Waals surface area contributed by atoms with Crippen LogP contribution in [-0.2, 0) is 64.0 Å². The van der Waals surface area contributed by atoms with Crippen LogP contribution in [0.1, 0.15) is 90.0 Å². The predicted octanol–water partition coefficient (Wildman–Crippen LogP) is -4.42. The van der Waals surface area contributed by atoms with Crippen molar-refractivity contribution >= 4 is 70.9 Å². The van der Waals surface area contributed by atoms with Gasteiger partial charge in [-0.3, -0.25) is 57.5 Å². The van der Waals surface area contributed by atoms with Crippen LogP contribution in [0.5, 0.6) is 5.75 Å². The second kappa shape index (κ2) is 27.5. The number of nitrogens with zero attached hydrogens (tertiary/aromatic N) is 1. The highest BCUT2D eigenvalue weighted by Gasteiger charge is 2.37. The summed E-state index contributed by atoms with van der Waals surface area (Å²) in [6.07, 6.45) is 1.11. The zero-order chi connectivity index (χ0) is 51.4. The molecule has 3 rings (SSSR count). The van der Waals surface area contributed by atoms with Gasteiger partial charge in [-0.15, -0.1) is 0 Å². The molecule has 1 aromatic carbocycles. The summed E-state index contributed by atoms with van der Waals surface area (Å²) < 4.78 is 0. The first-order chi connectivity index (χ1) is 32.6. The zero-order valence-corrected chi connectivity index (χ0v) is 39.1. The molecule has 380 valence electrons. The summed E-state index contributed by atoms with van der Waals surface area (Å²) in [7, 11) is 1.20. The third-order valence-corrected chi connectivity index (χ3v) is 11.8. The number of primary amides is 3. The fraction of sp³-hybridized carbons (Fsp3) is 0.591. The number of hydrogen-bond donors (Lipinski definition) is 12. The van der Waals surface area contributed by atoms with Crippen LogP contribution in [-0.4, -0.2) is 144 Å². The van der Waals surface area contributed by atoms with Gasteiger partial charge in [-0.2, -0.15) is 0 Å². The number of benzene rings is 1. The minimum Gasteiger partial charge on any atom is -0.508 e. The van der Waals surface area contributed by atoms with Gasteiger partial charge in [0.2, 0.25) is 70.9 Å². The Kier molecular flexibility index (Phi) is 22.3. The fourth-order valence-corrected chi connectivity index (χ4v) is 7.78. The molecule has 69 heavy (non-hydrogen) atoms. The van der Waals surface area contributed by atoms with E-state index in [0.29, 0.717) is 24.8 Å². The highest BCUT2D eigenvalue weighted by molar-refractivity contribution is 5.99. The van der Waals surface area contributed by atoms with Crippen molar-refractivity contribution in [1.82, 2.24) is 47.4 Å². The van der Waals surface area contributed by atoms with Gasteiger partial charge in [0.25, 0.3) is 0 Å². The van der Waals surface area contributed by atoms with Crippen molar-refractivity contribution in [3.63, 3.8) is 0 Å². The molecule has 0 bridgehead atoms. The molecule has 1 aliphatic carbocycles. The first-order valence-corrected chi connectivity index (χ1v) is 22.8. The highest BCUT2D eigenvalue weighted by Crippen LogP contribution is 2.27. The second-order valence-corrected chi connectivity index (χ2v) is 17.4. The lowest BCUT2D eigenvalue weighted by Gasteiger charge is -2.31. The number of amides is 12. The van der Waals surface area contributed by atoms with Crippen molar-refractivity contribution in [1.29, 1.82) is 0 Å². The average molecular weight is 971 g/mol. The molecule has 0 aromatic heterocycles. The molecule has 25 heteroatoms. The standard InChI is InChI=1S/C44H66N12O13/c1-4-23(2)37-43(68)51-27(14-16-31(45)58)39(64)53-30(19-32(46)59)40(65)52-28(15-17-34(61)48-21-35(62)50-29(41(66)55-37)18-24-10-12-26(57)13-11-24)44(69)56(3)22-36(63)54-38(25-8-6-5-7-9-25)42(67)49-20-33(47)60/h10-13,23,25,27-30,37-38,57H,4-9,14-22H2,1-3H3,(H2,45,58)(H2,46,59)(H2,47,60)(H,48,61)(H,49,67)(H,50,62)(H,51,68)(H,52,65)(H,53,64)(H,54,63)(H,55,66). The van der Waals surface area contributed by atoms with Crippen LogP contribution >= 0.6 is 0 Å². The minimum absolute atomic E-state index is 0.0696. The van der Waals surface area contributed by atoms with E-state index in [1.165, 1.54) is 31.3 Å². The van der Waals surface area contributed by atoms with Gasteiger partial charge < -0.3 is 69.7 Å². The quantitative estimate of drug-likeness (QED) is 0.0703. The largest absolute Gasteiger partial charge is 0.508 e. The van der Waals surface area contributed by atoms with Crippen LogP contribution in [0.4, 0.5) is 0 Å². The Bertz CT molecular complexity index is 2060. The number of aromatic hydroxyl groups is 1. The third kappa shape index (κ3) is 19.1. The Labute approximate surface area is 398 Å². The van der Waals surface area contributed by atoms with Gasteiger partial charge in [0.1, 0.15) is 42.0 Å². The van der Waals surface area contributed by atoms with Crippen LogP contribution in [0.2, 0.25) is 0 Å². The zero-order valence-electron chi connectivity index (χ0n) is 39.1. The molecule has 15 N–H and O–H groups in total. The second-order valence-electron chi connectivity index (χ2n) is 17.4. The molecule has 0 radical (unpaired) electrons. The lowest BCUT2D eigenvalue weighted by atomic mass is 9.83. The lowest BCUT2D eigenvalue weighted by Crippen LogP contribution is -2.61. The SMILES string of the molecule is CCC(C)C1NC(=O)C(Cc2ccc(O)cc2)NC(=O)CNC(=O)CCC(C(=O)N(C)CC(=O)NC(C(=O)NCC(N)=O)C2CCCCC2)NC(=O)C(CC(N)=O)NC(=O)C(CCC(N)=O)NC1=O. The predicted molar refractivity (Wildman–Crippen MR) is 244 cm³/mol. The smallest absolute Gasteiger partial charge is 0.245 e. The first-order valence-electron chi connectivity index (χ1n) is 22.8. The highest BCUT2D eigenvalue weighted by atomic mass is 16.3. The summed E-state index contributed by atoms with van der Waals surface area (Å²) >= 11 is 0. The summed E-state index contributed by atoms with van der Waals surface area (Å²) in [5, 5.41) is 29.6. The van der Waals surface area contributed by atoms with Crippen molar-refractivity contribution in [3.8, 4) is 5.75 Å². The van der Waals surface area contributed by atoms with Gasteiger partial charge in [0, 0.05) is 26.3 Å². The van der Waals surface area contributed by atoms with Crippen LogP contribution in [0.3, 0.4) is 0 Å². The number of nitrogens with one attached hydrogen (secondary N) is 8. The normalized spacial score (nSPS) is 22.3. The van der Waals surface area contributed by atoms with E-state index in [1.807, 2.05) is 0 Å². The number of phenols is 1. The Morgan fingerprint density at radius 2 is 1.38 bits per heavy atom. The molecule has 2 aliphatic rings. The molecule has 0 spiro atoms. The van der Waals surface area contributed by atoms with Crippen molar-refractivity contribution < 1.29 is 62.6 Å². The molecule has 1 aliphatic heterocycles. The number of nitrogens with two attached hydrogens (primary N) is 3. The molecule has 12 amide bonds. The van der Waals surface area contributed by atoms with Crippen molar-refractivity contribution in [2.45, 2.75) is 127 Å². The number of likely N-dealkylation sites (N-methyl/N-ethyl adjacent to an activating group) is 1. The van der Waals surface area contributed by atoms with E-state index in [1.54, 1.807) is 13.8 Å². The summed E-state index contributed by atoms with van der Waals surface area (Å²) in [6, 6.07) is -3.17. The minimum atomic E-state index is -1.82. The summed E-state index contributed by atoms with van der Waals surface area (Å²) in [6.45, 7) is 1.51. The molecule has 2 fully saturated rings. The monoisotopic (exact) mass is 970 g/mol. The first kappa shape index (κ1) is 56.0. The molecule has 7 atom stereocenters. The molecular formula is C44H66N12O13. The van der Waals surface area contributed by atoms with E-state index < -0.39 is 165 Å². The van der Waals surface area contributed by atoms with Crippen LogP contribution in [0, 0.1) is 11.8 Å². The summed E-state index contributed by atoms with van der Waals surface area (Å²) in [4.78, 5) is 160. The summed E-state index contributed by atoms with van der Waals surface area (Å²) in [5.41, 5.74) is 16.5. The van der Waals surface area contributed by atoms with Gasteiger partial charge in [0.15, 0.2) is 0 Å². The molecule has 1 saturated heterocycles. The molecule has 7 unspecified atom stereocenters. The number of hydrogen-bond acceptors (Lipinski definition) is 13. The van der Waals surface area contributed by atoms with Crippen LogP contribution < -0.4 is 59.7 Å². The summed E-state index contributed by atoms with van der Waals surface area (Å²) in [5.74, 6) is -11.8. The van der Waals surface area contributed by atoms with E-state index in [9.17, 15) is 62.6 Å². The molecule has 25 nitrogen and oxygen atoms in total. The lowest BCUT2D eigenvalue weighted by molar-refractivity contribution is -0.140. The van der Waals surface area contributed by atoms with Gasteiger partial charge in [-0.1, -0.05) is 51.7 Å². The van der Waals surface area contributed by atoms with E-state index >= 15 is 0 Å². The van der Waals surface area contributed by atoms with Crippen molar-refractivity contribution in [2.75, 3.05) is 26.7 Å². The molecular weight excluding hydrogens is 905 g/mol. The maximum Gasteiger partial charge on any atom is 0.245 e. The van der Waals surface area contributed by atoms with Crippen molar-refractivity contribution in [3.05, 3.63) is 29.8 Å². The Hall–Kier alpha value is -7.34. The Morgan fingerprint density at radius 1 is 0.754 bits per heavy atom. The topological polar surface area (TPSA) is 403 Å². The van der Waals surface area contributed by atoms with E-state index in [2.05, 4.69) is 42.5 Å². The molecule has 1 saturated carbocycles. The third-order valence-electron chi connectivity index (χ3n) is 11.8. The van der Waals surface area contributed by atoms with E-state index in [0.717, 1.165) is 24.2 Å². The Balaban J connectivity index is 2.00.